The molecule has 0 saturated carbocycles. The van der Waals surface area contributed by atoms with Gasteiger partial charge in [-0.3, -0.25) is 0 Å². The summed E-state index contributed by atoms with van der Waals surface area (Å²) in [5, 5.41) is 9.68. The van der Waals surface area contributed by atoms with Gasteiger partial charge in [-0.25, -0.2) is 0 Å². The summed E-state index contributed by atoms with van der Waals surface area (Å²) < 4.78 is 5.38. The Morgan fingerprint density at radius 1 is 1.53 bits per heavy atom. The molecule has 84 valence electrons. The molecule has 1 N–H and O–H groups in total. The van der Waals surface area contributed by atoms with Gasteiger partial charge in [0.25, 0.3) is 0 Å². The highest BCUT2D eigenvalue weighted by atomic mass is 16.5. The van der Waals surface area contributed by atoms with Crippen molar-refractivity contribution in [3.05, 3.63) is 12.2 Å². The molecule has 1 rings (SSSR count). The van der Waals surface area contributed by atoms with E-state index in [1.54, 1.807) is 0 Å². The first-order valence-corrected chi connectivity index (χ1v) is 5.79. The standard InChI is InChI=1S/C13H20O2/c1-2-3-4-5-6-9-12(14)13-10-7-8-11-15-13/h7,10,12-14H,2-5,8,11H2,1H3/t12-,13-/m1/s1. The van der Waals surface area contributed by atoms with Gasteiger partial charge in [-0.2, -0.15) is 0 Å². The van der Waals surface area contributed by atoms with Gasteiger partial charge in [0.15, 0.2) is 0 Å². The fraction of sp³-hybridized carbons (Fsp3) is 0.692. The molecule has 1 heterocycles. The Hall–Kier alpha value is -0.780. The van der Waals surface area contributed by atoms with Crippen LogP contribution in [0.2, 0.25) is 0 Å². The van der Waals surface area contributed by atoms with Crippen LogP contribution >= 0.6 is 0 Å². The van der Waals surface area contributed by atoms with E-state index in [2.05, 4.69) is 18.8 Å². The summed E-state index contributed by atoms with van der Waals surface area (Å²) in [6.45, 7) is 2.86. The van der Waals surface area contributed by atoms with Crippen molar-refractivity contribution in [1.29, 1.82) is 0 Å². The largest absolute Gasteiger partial charge is 0.377 e. The lowest BCUT2D eigenvalue weighted by molar-refractivity contribution is 0.0110. The maximum atomic E-state index is 9.68. The van der Waals surface area contributed by atoms with Crippen LogP contribution in [0.3, 0.4) is 0 Å². The minimum Gasteiger partial charge on any atom is -0.377 e. The van der Waals surface area contributed by atoms with Crippen molar-refractivity contribution in [2.45, 2.75) is 51.2 Å². The van der Waals surface area contributed by atoms with Crippen LogP contribution in [0.4, 0.5) is 0 Å². The summed E-state index contributed by atoms with van der Waals surface area (Å²) in [5.41, 5.74) is 0. The van der Waals surface area contributed by atoms with Crippen molar-refractivity contribution >= 4 is 0 Å². The summed E-state index contributed by atoms with van der Waals surface area (Å²) in [4.78, 5) is 0. The number of aliphatic hydroxyl groups is 1. The lowest BCUT2D eigenvalue weighted by atomic mass is 10.1. The van der Waals surface area contributed by atoms with Gasteiger partial charge in [-0.05, 0) is 12.8 Å². The smallest absolute Gasteiger partial charge is 0.144 e. The van der Waals surface area contributed by atoms with Crippen LogP contribution in [0.5, 0.6) is 0 Å². The molecule has 0 radical (unpaired) electrons. The fourth-order valence-corrected chi connectivity index (χ4v) is 1.48. The third-order valence-electron chi connectivity index (χ3n) is 2.39. The number of aliphatic hydroxyl groups excluding tert-OH is 1. The average molecular weight is 208 g/mol. The summed E-state index contributed by atoms with van der Waals surface area (Å²) in [5.74, 6) is 5.84. The van der Waals surface area contributed by atoms with Crippen molar-refractivity contribution in [1.82, 2.24) is 0 Å². The van der Waals surface area contributed by atoms with Crippen molar-refractivity contribution in [3.8, 4) is 11.8 Å². The highest BCUT2D eigenvalue weighted by molar-refractivity contribution is 5.12. The van der Waals surface area contributed by atoms with E-state index in [4.69, 9.17) is 4.74 Å². The topological polar surface area (TPSA) is 29.5 Å². The van der Waals surface area contributed by atoms with Crippen molar-refractivity contribution < 1.29 is 9.84 Å². The second kappa shape index (κ2) is 7.50. The zero-order valence-electron chi connectivity index (χ0n) is 9.41. The minimum atomic E-state index is -0.664. The Labute approximate surface area is 92.3 Å². The number of rotatable bonds is 4. The summed E-state index contributed by atoms with van der Waals surface area (Å²) >= 11 is 0. The van der Waals surface area contributed by atoms with E-state index in [0.29, 0.717) is 6.61 Å². The molecule has 0 fully saturated rings. The monoisotopic (exact) mass is 208 g/mol. The quantitative estimate of drug-likeness (QED) is 0.436. The zero-order valence-corrected chi connectivity index (χ0v) is 9.41. The van der Waals surface area contributed by atoms with Crippen LogP contribution in [-0.2, 0) is 4.74 Å². The van der Waals surface area contributed by atoms with E-state index in [1.807, 2.05) is 12.2 Å². The molecule has 0 aromatic heterocycles. The normalized spacial score (nSPS) is 21.9. The van der Waals surface area contributed by atoms with Crippen LogP contribution < -0.4 is 0 Å². The third-order valence-corrected chi connectivity index (χ3v) is 2.39. The number of hydrogen-bond acceptors (Lipinski definition) is 2. The van der Waals surface area contributed by atoms with Crippen molar-refractivity contribution in [2.75, 3.05) is 6.61 Å². The predicted octanol–water partition coefficient (Wildman–Crippen LogP) is 2.28. The molecule has 1 aliphatic rings. The molecule has 0 spiro atoms. The molecule has 0 amide bonds. The van der Waals surface area contributed by atoms with Gasteiger partial charge in [-0.1, -0.05) is 37.8 Å². The minimum absolute atomic E-state index is 0.225. The molecule has 0 unspecified atom stereocenters. The van der Waals surface area contributed by atoms with Gasteiger partial charge in [0.05, 0.1) is 6.61 Å². The van der Waals surface area contributed by atoms with Gasteiger partial charge < -0.3 is 9.84 Å². The van der Waals surface area contributed by atoms with Crippen LogP contribution in [0, 0.1) is 11.8 Å². The maximum absolute atomic E-state index is 9.68. The molecular formula is C13H20O2. The second-order valence-corrected chi connectivity index (χ2v) is 3.78. The SMILES string of the molecule is CCCCCC#C[C@@H](O)[C@H]1C=CCCO1. The first-order chi connectivity index (χ1) is 7.34. The lowest BCUT2D eigenvalue weighted by Crippen LogP contribution is -2.28. The van der Waals surface area contributed by atoms with Crippen LogP contribution in [0.15, 0.2) is 12.2 Å². The fourth-order valence-electron chi connectivity index (χ4n) is 1.48. The molecule has 0 saturated heterocycles. The Balaban J connectivity index is 2.24. The van der Waals surface area contributed by atoms with E-state index in [-0.39, 0.29) is 6.10 Å². The van der Waals surface area contributed by atoms with E-state index in [1.165, 1.54) is 12.8 Å². The molecule has 2 atom stereocenters. The average Bonchev–Trinajstić information content (AvgIpc) is 2.30. The van der Waals surface area contributed by atoms with E-state index in [0.717, 1.165) is 19.3 Å². The van der Waals surface area contributed by atoms with Crippen molar-refractivity contribution in [3.63, 3.8) is 0 Å². The second-order valence-electron chi connectivity index (χ2n) is 3.78. The number of ether oxygens (including phenoxy) is 1. The highest BCUT2D eigenvalue weighted by Crippen LogP contribution is 2.08. The maximum Gasteiger partial charge on any atom is 0.144 e. The van der Waals surface area contributed by atoms with Crippen LogP contribution in [0.25, 0.3) is 0 Å². The van der Waals surface area contributed by atoms with Gasteiger partial charge in [0.2, 0.25) is 0 Å². The lowest BCUT2D eigenvalue weighted by Gasteiger charge is -2.19. The molecule has 15 heavy (non-hydrogen) atoms. The Bertz CT molecular complexity index is 247. The number of hydrogen-bond donors (Lipinski definition) is 1. The first kappa shape index (κ1) is 12.3. The van der Waals surface area contributed by atoms with Gasteiger partial charge in [0.1, 0.15) is 12.2 Å². The van der Waals surface area contributed by atoms with Crippen molar-refractivity contribution in [2.24, 2.45) is 0 Å². The van der Waals surface area contributed by atoms with Gasteiger partial charge in [-0.15, -0.1) is 5.92 Å². The van der Waals surface area contributed by atoms with E-state index < -0.39 is 6.10 Å². The molecule has 2 heteroatoms. The van der Waals surface area contributed by atoms with E-state index in [9.17, 15) is 5.11 Å². The predicted molar refractivity (Wildman–Crippen MR) is 61.4 cm³/mol. The van der Waals surface area contributed by atoms with Crippen LogP contribution in [0.1, 0.15) is 39.0 Å². The van der Waals surface area contributed by atoms with Gasteiger partial charge in [0, 0.05) is 6.42 Å². The molecule has 0 aliphatic carbocycles. The molecule has 0 aromatic carbocycles. The highest BCUT2D eigenvalue weighted by Gasteiger charge is 2.16. The Morgan fingerprint density at radius 2 is 2.40 bits per heavy atom. The summed E-state index contributed by atoms with van der Waals surface area (Å²) in [7, 11) is 0. The first-order valence-electron chi connectivity index (χ1n) is 5.79. The molecule has 2 nitrogen and oxygen atoms in total. The molecule has 0 aromatic rings. The molecule has 1 aliphatic heterocycles. The molecular weight excluding hydrogens is 188 g/mol. The summed E-state index contributed by atoms with van der Waals surface area (Å²) in [6, 6.07) is 0. The third kappa shape index (κ3) is 5.01. The van der Waals surface area contributed by atoms with E-state index >= 15 is 0 Å². The Morgan fingerprint density at radius 3 is 3.07 bits per heavy atom. The molecule has 0 bridgehead atoms. The summed E-state index contributed by atoms with van der Waals surface area (Å²) in [6.07, 6.45) is 8.40. The Kier molecular flexibility index (Phi) is 6.15. The van der Waals surface area contributed by atoms with Gasteiger partial charge >= 0.3 is 0 Å². The van der Waals surface area contributed by atoms with Crippen LogP contribution in [-0.4, -0.2) is 23.9 Å². The number of unbranched alkanes of at least 4 members (excludes halogenated alkanes) is 3. The zero-order chi connectivity index (χ0) is 10.9.